The standard InChI is InChI=1S/C12H15NO3/c14-8-10(15)7-13-6-5-9-3-1-2-4-11(9)12(13)16/h1-4,10,14-15H,5-8H2. The first-order valence-corrected chi connectivity index (χ1v) is 5.38. The van der Waals surface area contributed by atoms with Crippen molar-refractivity contribution in [3.63, 3.8) is 0 Å². The minimum absolute atomic E-state index is 0.0608. The molecule has 0 fully saturated rings. The molecule has 0 spiro atoms. The smallest absolute Gasteiger partial charge is 0.254 e. The van der Waals surface area contributed by atoms with Gasteiger partial charge < -0.3 is 15.1 Å². The van der Waals surface area contributed by atoms with Crippen molar-refractivity contribution in [3.8, 4) is 0 Å². The number of aliphatic hydroxyl groups is 2. The predicted molar refractivity (Wildman–Crippen MR) is 59.1 cm³/mol. The van der Waals surface area contributed by atoms with Gasteiger partial charge in [-0.25, -0.2) is 0 Å². The van der Waals surface area contributed by atoms with Crippen molar-refractivity contribution >= 4 is 5.91 Å². The summed E-state index contributed by atoms with van der Waals surface area (Å²) in [5.41, 5.74) is 1.76. The number of fused-ring (bicyclic) bond motifs is 1. The molecule has 1 aromatic rings. The summed E-state index contributed by atoms with van der Waals surface area (Å²) in [5, 5.41) is 18.1. The normalized spacial score (nSPS) is 17.1. The highest BCUT2D eigenvalue weighted by Gasteiger charge is 2.24. The average Bonchev–Trinajstić information content (AvgIpc) is 2.33. The Morgan fingerprint density at radius 3 is 2.88 bits per heavy atom. The molecule has 4 nitrogen and oxygen atoms in total. The zero-order chi connectivity index (χ0) is 11.5. The van der Waals surface area contributed by atoms with Crippen LogP contribution in [0.5, 0.6) is 0 Å². The highest BCUT2D eigenvalue weighted by molar-refractivity contribution is 5.96. The van der Waals surface area contributed by atoms with Gasteiger partial charge in [0.15, 0.2) is 0 Å². The second-order valence-electron chi connectivity index (χ2n) is 3.99. The van der Waals surface area contributed by atoms with Crippen molar-refractivity contribution in [1.82, 2.24) is 4.90 Å². The molecule has 16 heavy (non-hydrogen) atoms. The molecule has 1 heterocycles. The summed E-state index contributed by atoms with van der Waals surface area (Å²) < 4.78 is 0. The molecule has 0 saturated heterocycles. The summed E-state index contributed by atoms with van der Waals surface area (Å²) in [6.45, 7) is 0.488. The summed E-state index contributed by atoms with van der Waals surface area (Å²) in [6.07, 6.45) is -0.0470. The number of rotatable bonds is 3. The third-order valence-electron chi connectivity index (χ3n) is 2.83. The molecular weight excluding hydrogens is 206 g/mol. The highest BCUT2D eigenvalue weighted by Crippen LogP contribution is 2.18. The highest BCUT2D eigenvalue weighted by atomic mass is 16.3. The van der Waals surface area contributed by atoms with Crippen LogP contribution in [0.15, 0.2) is 24.3 Å². The van der Waals surface area contributed by atoms with Crippen molar-refractivity contribution in [3.05, 3.63) is 35.4 Å². The average molecular weight is 221 g/mol. The molecule has 0 radical (unpaired) electrons. The van der Waals surface area contributed by atoms with Crippen LogP contribution in [0.1, 0.15) is 15.9 Å². The number of β-amino-alcohol motifs (C(OH)–C–C–N with tert-alkyl or cyclic N) is 1. The van der Waals surface area contributed by atoms with Crippen molar-refractivity contribution < 1.29 is 15.0 Å². The Bertz CT molecular complexity index is 392. The number of carbonyl (C=O) groups excluding carboxylic acids is 1. The van der Waals surface area contributed by atoms with E-state index in [4.69, 9.17) is 5.11 Å². The van der Waals surface area contributed by atoms with Crippen LogP contribution >= 0.6 is 0 Å². The number of benzene rings is 1. The lowest BCUT2D eigenvalue weighted by Gasteiger charge is -2.29. The molecule has 1 amide bonds. The van der Waals surface area contributed by atoms with Crippen molar-refractivity contribution in [2.45, 2.75) is 12.5 Å². The quantitative estimate of drug-likeness (QED) is 0.757. The summed E-state index contributed by atoms with van der Waals surface area (Å²) in [6, 6.07) is 7.51. The zero-order valence-electron chi connectivity index (χ0n) is 8.97. The summed E-state index contributed by atoms with van der Waals surface area (Å²) in [4.78, 5) is 13.6. The number of nitrogens with zero attached hydrogens (tertiary/aromatic N) is 1. The Labute approximate surface area is 94.1 Å². The first kappa shape index (κ1) is 11.1. The van der Waals surface area contributed by atoms with Crippen molar-refractivity contribution in [1.29, 1.82) is 0 Å². The number of aliphatic hydroxyl groups excluding tert-OH is 2. The topological polar surface area (TPSA) is 60.8 Å². The molecule has 0 aliphatic carbocycles. The van der Waals surface area contributed by atoms with E-state index >= 15 is 0 Å². The zero-order valence-corrected chi connectivity index (χ0v) is 8.97. The van der Waals surface area contributed by atoms with Gasteiger partial charge in [-0.15, -0.1) is 0 Å². The van der Waals surface area contributed by atoms with Crippen LogP contribution in [0, 0.1) is 0 Å². The molecule has 2 N–H and O–H groups in total. The fourth-order valence-electron chi connectivity index (χ4n) is 1.96. The summed E-state index contributed by atoms with van der Waals surface area (Å²) in [5.74, 6) is -0.0608. The Balaban J connectivity index is 2.15. The molecule has 4 heteroatoms. The molecule has 0 saturated carbocycles. The number of amides is 1. The maximum absolute atomic E-state index is 12.0. The summed E-state index contributed by atoms with van der Waals surface area (Å²) >= 11 is 0. The van der Waals surface area contributed by atoms with Gasteiger partial charge in [-0.05, 0) is 18.1 Å². The largest absolute Gasteiger partial charge is 0.394 e. The fraction of sp³-hybridized carbons (Fsp3) is 0.417. The van der Waals surface area contributed by atoms with Crippen LogP contribution in [0.3, 0.4) is 0 Å². The van der Waals surface area contributed by atoms with Crippen LogP contribution in [0.4, 0.5) is 0 Å². The molecule has 1 aliphatic heterocycles. The van der Waals surface area contributed by atoms with E-state index in [0.29, 0.717) is 12.1 Å². The van der Waals surface area contributed by atoms with Gasteiger partial charge in [0.25, 0.3) is 5.91 Å². The minimum Gasteiger partial charge on any atom is -0.394 e. The van der Waals surface area contributed by atoms with Gasteiger partial charge in [0.05, 0.1) is 12.7 Å². The van der Waals surface area contributed by atoms with E-state index in [1.54, 1.807) is 11.0 Å². The predicted octanol–water partition coefficient (Wildman–Crippen LogP) is 0.0381. The molecule has 0 bridgehead atoms. The molecule has 1 aliphatic rings. The maximum Gasteiger partial charge on any atom is 0.254 e. The van der Waals surface area contributed by atoms with Gasteiger partial charge in [0, 0.05) is 18.7 Å². The first-order chi connectivity index (χ1) is 7.72. The van der Waals surface area contributed by atoms with E-state index in [2.05, 4.69) is 0 Å². The van der Waals surface area contributed by atoms with Crippen LogP contribution < -0.4 is 0 Å². The molecule has 0 aromatic heterocycles. The molecule has 2 rings (SSSR count). The van der Waals surface area contributed by atoms with Crippen LogP contribution in [-0.4, -0.2) is 46.8 Å². The minimum atomic E-state index is -0.853. The van der Waals surface area contributed by atoms with Crippen LogP contribution in [-0.2, 0) is 6.42 Å². The van der Waals surface area contributed by atoms with E-state index in [0.717, 1.165) is 12.0 Å². The fourth-order valence-corrected chi connectivity index (χ4v) is 1.96. The van der Waals surface area contributed by atoms with Gasteiger partial charge in [0.2, 0.25) is 0 Å². The van der Waals surface area contributed by atoms with Gasteiger partial charge in [-0.2, -0.15) is 0 Å². The monoisotopic (exact) mass is 221 g/mol. The van der Waals surface area contributed by atoms with Gasteiger partial charge >= 0.3 is 0 Å². The second kappa shape index (κ2) is 4.63. The molecule has 86 valence electrons. The second-order valence-corrected chi connectivity index (χ2v) is 3.99. The van der Waals surface area contributed by atoms with E-state index in [-0.39, 0.29) is 19.1 Å². The number of hydrogen-bond donors (Lipinski definition) is 2. The van der Waals surface area contributed by atoms with Gasteiger partial charge in [0.1, 0.15) is 0 Å². The maximum atomic E-state index is 12.0. The third kappa shape index (κ3) is 2.08. The Morgan fingerprint density at radius 1 is 1.38 bits per heavy atom. The van der Waals surface area contributed by atoms with E-state index in [9.17, 15) is 9.90 Å². The Morgan fingerprint density at radius 2 is 2.12 bits per heavy atom. The Kier molecular flexibility index (Phi) is 3.22. The van der Waals surface area contributed by atoms with Crippen LogP contribution in [0.2, 0.25) is 0 Å². The number of carbonyl (C=O) groups is 1. The first-order valence-electron chi connectivity index (χ1n) is 5.38. The van der Waals surface area contributed by atoms with Gasteiger partial charge in [-0.1, -0.05) is 18.2 Å². The van der Waals surface area contributed by atoms with Gasteiger partial charge in [-0.3, -0.25) is 4.79 Å². The lowest BCUT2D eigenvalue weighted by atomic mass is 9.99. The van der Waals surface area contributed by atoms with Crippen LogP contribution in [0.25, 0.3) is 0 Å². The summed E-state index contributed by atoms with van der Waals surface area (Å²) in [7, 11) is 0. The third-order valence-corrected chi connectivity index (χ3v) is 2.83. The molecule has 1 unspecified atom stereocenters. The van der Waals surface area contributed by atoms with E-state index in [1.807, 2.05) is 18.2 Å². The van der Waals surface area contributed by atoms with Crippen molar-refractivity contribution in [2.24, 2.45) is 0 Å². The van der Waals surface area contributed by atoms with E-state index in [1.165, 1.54) is 0 Å². The SMILES string of the molecule is O=C1c2ccccc2CCN1CC(O)CO. The molecule has 1 atom stereocenters. The van der Waals surface area contributed by atoms with Crippen molar-refractivity contribution in [2.75, 3.05) is 19.7 Å². The lowest BCUT2D eigenvalue weighted by molar-refractivity contribution is 0.0445. The van der Waals surface area contributed by atoms with E-state index < -0.39 is 6.10 Å². The molecule has 1 aromatic carbocycles. The number of hydrogen-bond acceptors (Lipinski definition) is 3. The Hall–Kier alpha value is -1.39. The lowest BCUT2D eigenvalue weighted by Crippen LogP contribution is -2.43. The molecular formula is C12H15NO3.